The Balaban J connectivity index is 1.49. The molecule has 0 aliphatic carbocycles. The third-order valence-corrected chi connectivity index (χ3v) is 7.26. The Morgan fingerprint density at radius 1 is 1.03 bits per heavy atom. The van der Waals surface area contributed by atoms with Gasteiger partial charge >= 0.3 is 0 Å². The van der Waals surface area contributed by atoms with Crippen LogP contribution in [0, 0.1) is 6.92 Å². The molecule has 2 aromatic carbocycles. The Morgan fingerprint density at radius 3 is 2.52 bits per heavy atom. The van der Waals surface area contributed by atoms with Crippen molar-refractivity contribution in [3.63, 3.8) is 0 Å². The summed E-state index contributed by atoms with van der Waals surface area (Å²) in [4.78, 5) is 10.6. The van der Waals surface area contributed by atoms with E-state index < -0.39 is 0 Å². The predicted octanol–water partition coefficient (Wildman–Crippen LogP) is 5.02. The molecule has 0 saturated carbocycles. The molecule has 0 bridgehead atoms. The van der Waals surface area contributed by atoms with Crippen molar-refractivity contribution >= 4 is 45.2 Å². The molecule has 160 valence electrons. The summed E-state index contributed by atoms with van der Waals surface area (Å²) in [6.07, 6.45) is 0. The van der Waals surface area contributed by atoms with Gasteiger partial charge in [0.2, 0.25) is 10.8 Å². The third kappa shape index (κ3) is 3.87. The number of hydrogen-bond acceptors (Lipinski definition) is 6. The molecule has 1 aliphatic rings. The van der Waals surface area contributed by atoms with Gasteiger partial charge in [-0.1, -0.05) is 58.8 Å². The summed E-state index contributed by atoms with van der Waals surface area (Å²) in [6, 6.07) is 15.6. The van der Waals surface area contributed by atoms with Gasteiger partial charge in [0.25, 0.3) is 0 Å². The van der Waals surface area contributed by atoms with E-state index in [4.69, 9.17) is 23.2 Å². The number of benzene rings is 2. The molecule has 1 aliphatic heterocycles. The summed E-state index contributed by atoms with van der Waals surface area (Å²) < 4.78 is 1.52. The first kappa shape index (κ1) is 20.6. The average molecular weight is 474 g/mol. The Kier molecular flexibility index (Phi) is 5.52. The Bertz CT molecular complexity index is 1230. The highest BCUT2D eigenvalue weighted by Gasteiger charge is 2.32. The average Bonchev–Trinajstić information content (AvgIpc) is 3.27. The molecule has 0 radical (unpaired) electrons. The fraction of sp³-hybridized carbons (Fsp3) is 0.273. The molecule has 1 N–H and O–H groups in total. The number of piperazine rings is 1. The summed E-state index contributed by atoms with van der Waals surface area (Å²) in [7, 11) is 0. The van der Waals surface area contributed by atoms with Crippen LogP contribution in [0.5, 0.6) is 5.88 Å². The number of aromatic hydroxyl groups is 1. The maximum atomic E-state index is 11.0. The minimum absolute atomic E-state index is 0.128. The van der Waals surface area contributed by atoms with Crippen molar-refractivity contribution in [1.29, 1.82) is 0 Å². The summed E-state index contributed by atoms with van der Waals surface area (Å²) in [5.74, 6) is 0.764. The number of thiazole rings is 1. The lowest BCUT2D eigenvalue weighted by Crippen LogP contribution is -2.47. The van der Waals surface area contributed by atoms with Crippen LogP contribution in [0.15, 0.2) is 48.5 Å². The normalized spacial score (nSPS) is 16.2. The van der Waals surface area contributed by atoms with Gasteiger partial charge in [0.1, 0.15) is 5.82 Å². The first-order chi connectivity index (χ1) is 15.0. The molecule has 9 heteroatoms. The number of fused-ring (bicyclic) bond motifs is 1. The van der Waals surface area contributed by atoms with Crippen molar-refractivity contribution < 1.29 is 5.11 Å². The van der Waals surface area contributed by atoms with E-state index in [1.165, 1.54) is 15.9 Å². The van der Waals surface area contributed by atoms with Gasteiger partial charge in [0.15, 0.2) is 0 Å². The number of hydrogen-bond donors (Lipinski definition) is 1. The smallest absolute Gasteiger partial charge is 0.230 e. The highest BCUT2D eigenvalue weighted by Crippen LogP contribution is 2.42. The molecule has 1 fully saturated rings. The third-order valence-electron chi connectivity index (χ3n) is 5.61. The molecule has 3 heterocycles. The summed E-state index contributed by atoms with van der Waals surface area (Å²) >= 11 is 14.3. The van der Waals surface area contributed by atoms with E-state index in [9.17, 15) is 5.11 Å². The van der Waals surface area contributed by atoms with Crippen LogP contribution >= 0.6 is 34.5 Å². The van der Waals surface area contributed by atoms with Crippen LogP contribution in [0.4, 0.5) is 5.69 Å². The zero-order valence-corrected chi connectivity index (χ0v) is 19.2. The van der Waals surface area contributed by atoms with Gasteiger partial charge in [-0.25, -0.2) is 4.98 Å². The van der Waals surface area contributed by atoms with Crippen molar-refractivity contribution in [2.45, 2.75) is 13.0 Å². The number of rotatable bonds is 4. The minimum Gasteiger partial charge on any atom is -0.492 e. The SMILES string of the molecule is Cc1nc2sc(C(c3ccccc3Cl)N3CCN(c4cccc(Cl)c4)CC3)c(O)n2n1. The quantitative estimate of drug-likeness (QED) is 0.450. The van der Waals surface area contributed by atoms with Crippen LogP contribution in [0.25, 0.3) is 4.96 Å². The second kappa shape index (κ2) is 8.31. The molecule has 0 amide bonds. The Labute approximate surface area is 194 Å². The Morgan fingerprint density at radius 2 is 1.81 bits per heavy atom. The second-order valence-corrected chi connectivity index (χ2v) is 9.42. The molecule has 0 spiro atoms. The molecular weight excluding hydrogens is 453 g/mol. The number of halogens is 2. The van der Waals surface area contributed by atoms with Gasteiger partial charge in [-0.15, -0.1) is 5.10 Å². The van der Waals surface area contributed by atoms with E-state index in [0.717, 1.165) is 47.3 Å². The minimum atomic E-state index is -0.177. The largest absolute Gasteiger partial charge is 0.492 e. The first-order valence-corrected chi connectivity index (χ1v) is 11.6. The molecule has 6 nitrogen and oxygen atoms in total. The fourth-order valence-electron chi connectivity index (χ4n) is 4.14. The van der Waals surface area contributed by atoms with Crippen LogP contribution in [0.3, 0.4) is 0 Å². The highest BCUT2D eigenvalue weighted by molar-refractivity contribution is 7.17. The van der Waals surface area contributed by atoms with Crippen LogP contribution in [-0.4, -0.2) is 50.8 Å². The summed E-state index contributed by atoms with van der Waals surface area (Å²) in [5.41, 5.74) is 2.09. The molecule has 1 unspecified atom stereocenters. The lowest BCUT2D eigenvalue weighted by atomic mass is 10.0. The van der Waals surface area contributed by atoms with Gasteiger partial charge in [0, 0.05) is 41.9 Å². The van der Waals surface area contributed by atoms with Crippen molar-refractivity contribution in [1.82, 2.24) is 19.5 Å². The van der Waals surface area contributed by atoms with E-state index in [-0.39, 0.29) is 11.9 Å². The second-order valence-electron chi connectivity index (χ2n) is 7.57. The molecule has 5 rings (SSSR count). The van der Waals surface area contributed by atoms with Gasteiger partial charge in [-0.3, -0.25) is 4.90 Å². The maximum absolute atomic E-state index is 11.0. The zero-order chi connectivity index (χ0) is 21.5. The topological polar surface area (TPSA) is 56.9 Å². The molecular formula is C22H21Cl2N5OS. The van der Waals surface area contributed by atoms with E-state index in [1.54, 1.807) is 0 Å². The first-order valence-electron chi connectivity index (χ1n) is 10.1. The van der Waals surface area contributed by atoms with E-state index >= 15 is 0 Å². The van der Waals surface area contributed by atoms with Crippen molar-refractivity contribution in [3.8, 4) is 5.88 Å². The summed E-state index contributed by atoms with van der Waals surface area (Å²) in [5, 5.41) is 16.7. The molecule has 4 aromatic rings. The van der Waals surface area contributed by atoms with Gasteiger partial charge in [-0.05, 0) is 36.8 Å². The standard InChI is InChI=1S/C22H21Cl2N5OS/c1-14-25-22-29(26-14)21(30)20(31-22)19(17-7-2-3-8-18(17)24)28-11-9-27(10-12-28)16-6-4-5-15(23)13-16/h2-8,13,19,30H,9-12H2,1H3. The number of anilines is 1. The van der Waals surface area contributed by atoms with Crippen LogP contribution in [0.1, 0.15) is 22.3 Å². The number of aromatic nitrogens is 3. The Hall–Kier alpha value is -2.32. The van der Waals surface area contributed by atoms with E-state index in [0.29, 0.717) is 15.8 Å². The van der Waals surface area contributed by atoms with Crippen LogP contribution in [0.2, 0.25) is 10.0 Å². The summed E-state index contributed by atoms with van der Waals surface area (Å²) in [6.45, 7) is 5.15. The molecule has 2 aromatic heterocycles. The van der Waals surface area contributed by atoms with E-state index in [2.05, 4.69) is 25.9 Å². The number of nitrogens with zero attached hydrogens (tertiary/aromatic N) is 5. The maximum Gasteiger partial charge on any atom is 0.230 e. The lowest BCUT2D eigenvalue weighted by Gasteiger charge is -2.40. The van der Waals surface area contributed by atoms with E-state index in [1.807, 2.05) is 49.4 Å². The zero-order valence-electron chi connectivity index (χ0n) is 16.9. The van der Waals surface area contributed by atoms with Crippen LogP contribution in [-0.2, 0) is 0 Å². The monoisotopic (exact) mass is 473 g/mol. The van der Waals surface area contributed by atoms with Gasteiger partial charge in [0.05, 0.1) is 10.9 Å². The highest BCUT2D eigenvalue weighted by atomic mass is 35.5. The lowest BCUT2D eigenvalue weighted by molar-refractivity contribution is 0.211. The van der Waals surface area contributed by atoms with Crippen molar-refractivity contribution in [2.24, 2.45) is 0 Å². The van der Waals surface area contributed by atoms with Crippen molar-refractivity contribution in [3.05, 3.63) is 74.8 Å². The van der Waals surface area contributed by atoms with Crippen LogP contribution < -0.4 is 4.90 Å². The van der Waals surface area contributed by atoms with Crippen molar-refractivity contribution in [2.75, 3.05) is 31.1 Å². The predicted molar refractivity (Wildman–Crippen MR) is 126 cm³/mol. The number of aryl methyl sites for hydroxylation is 1. The fourth-order valence-corrected chi connectivity index (χ4v) is 5.72. The molecule has 1 atom stereocenters. The molecule has 31 heavy (non-hydrogen) atoms. The van der Waals surface area contributed by atoms with Gasteiger partial charge in [-0.2, -0.15) is 4.52 Å². The molecule has 1 saturated heterocycles. The van der Waals surface area contributed by atoms with Gasteiger partial charge < -0.3 is 10.0 Å².